The number of carbonyl (C=O) groups is 1. The average molecular weight is 250 g/mol. The lowest BCUT2D eigenvalue weighted by Gasteiger charge is -2.19. The fourth-order valence-electron chi connectivity index (χ4n) is 2.37. The molecule has 0 aromatic heterocycles. The van der Waals surface area contributed by atoms with Crippen molar-refractivity contribution in [2.75, 3.05) is 10.6 Å². The van der Waals surface area contributed by atoms with E-state index in [4.69, 9.17) is 5.73 Å². The van der Waals surface area contributed by atoms with Gasteiger partial charge in [-0.3, -0.25) is 9.69 Å². The summed E-state index contributed by atoms with van der Waals surface area (Å²) in [4.78, 5) is 13.4. The Balaban J connectivity index is 2.33. The van der Waals surface area contributed by atoms with Crippen molar-refractivity contribution in [2.45, 2.75) is 6.92 Å². The van der Waals surface area contributed by atoms with Gasteiger partial charge in [-0.2, -0.15) is 0 Å². The molecule has 0 fully saturated rings. The van der Waals surface area contributed by atoms with Crippen LogP contribution in [0.2, 0.25) is 0 Å². The number of hydrogen-bond donors (Lipinski definition) is 1. The van der Waals surface area contributed by atoms with Gasteiger partial charge in [0, 0.05) is 24.4 Å². The first-order chi connectivity index (χ1) is 9.16. The molecule has 1 aliphatic heterocycles. The van der Waals surface area contributed by atoms with Gasteiger partial charge in [0.1, 0.15) is 0 Å². The monoisotopic (exact) mass is 250 g/mol. The highest BCUT2D eigenvalue weighted by Gasteiger charge is 2.18. The molecule has 3 rings (SSSR count). The van der Waals surface area contributed by atoms with Gasteiger partial charge in [0.15, 0.2) is 0 Å². The smallest absolute Gasteiger partial charge is 0.227 e. The van der Waals surface area contributed by atoms with Gasteiger partial charge in [-0.25, -0.2) is 0 Å². The quantitative estimate of drug-likeness (QED) is 0.729. The SMILES string of the molecule is CC(=O)N1C=Cc2ccccc2-c2ccc(N)cc21. The zero-order valence-corrected chi connectivity index (χ0v) is 10.6. The van der Waals surface area contributed by atoms with Crippen molar-refractivity contribution in [1.82, 2.24) is 0 Å². The van der Waals surface area contributed by atoms with Crippen LogP contribution in [0.4, 0.5) is 11.4 Å². The largest absolute Gasteiger partial charge is 0.399 e. The first kappa shape index (κ1) is 11.5. The van der Waals surface area contributed by atoms with Crippen LogP contribution in [0.15, 0.2) is 48.7 Å². The highest BCUT2D eigenvalue weighted by molar-refractivity contribution is 6.02. The van der Waals surface area contributed by atoms with Crippen molar-refractivity contribution in [3.05, 3.63) is 54.2 Å². The van der Waals surface area contributed by atoms with E-state index in [2.05, 4.69) is 6.07 Å². The van der Waals surface area contributed by atoms with E-state index in [9.17, 15) is 4.79 Å². The number of anilines is 2. The van der Waals surface area contributed by atoms with Gasteiger partial charge in [0.25, 0.3) is 0 Å². The molecule has 0 atom stereocenters. The number of benzene rings is 2. The van der Waals surface area contributed by atoms with Crippen LogP contribution in [0.25, 0.3) is 17.2 Å². The topological polar surface area (TPSA) is 46.3 Å². The maximum atomic E-state index is 11.8. The Hall–Kier alpha value is -2.55. The van der Waals surface area contributed by atoms with E-state index in [1.807, 2.05) is 42.5 Å². The Morgan fingerprint density at radius 1 is 1.11 bits per heavy atom. The van der Waals surface area contributed by atoms with E-state index in [0.29, 0.717) is 5.69 Å². The van der Waals surface area contributed by atoms with E-state index in [1.54, 1.807) is 18.0 Å². The van der Waals surface area contributed by atoms with E-state index >= 15 is 0 Å². The molecule has 3 nitrogen and oxygen atoms in total. The lowest BCUT2D eigenvalue weighted by atomic mass is 9.98. The van der Waals surface area contributed by atoms with Crippen LogP contribution in [0.3, 0.4) is 0 Å². The summed E-state index contributed by atoms with van der Waals surface area (Å²) >= 11 is 0. The summed E-state index contributed by atoms with van der Waals surface area (Å²) in [6, 6.07) is 13.7. The molecule has 1 amide bonds. The van der Waals surface area contributed by atoms with Gasteiger partial charge >= 0.3 is 0 Å². The van der Waals surface area contributed by atoms with Crippen molar-refractivity contribution >= 4 is 23.4 Å². The van der Waals surface area contributed by atoms with E-state index < -0.39 is 0 Å². The third-order valence-corrected chi connectivity index (χ3v) is 3.27. The number of fused-ring (bicyclic) bond motifs is 3. The van der Waals surface area contributed by atoms with Crippen LogP contribution in [0.5, 0.6) is 0 Å². The highest BCUT2D eigenvalue weighted by atomic mass is 16.2. The molecular formula is C16H14N2O. The number of rotatable bonds is 0. The molecule has 2 N–H and O–H groups in total. The van der Waals surface area contributed by atoms with Crippen molar-refractivity contribution < 1.29 is 4.79 Å². The van der Waals surface area contributed by atoms with Crippen LogP contribution in [0, 0.1) is 0 Å². The summed E-state index contributed by atoms with van der Waals surface area (Å²) in [6.45, 7) is 1.55. The van der Waals surface area contributed by atoms with Crippen molar-refractivity contribution in [2.24, 2.45) is 0 Å². The van der Waals surface area contributed by atoms with Crippen LogP contribution in [0.1, 0.15) is 12.5 Å². The molecule has 94 valence electrons. The first-order valence-corrected chi connectivity index (χ1v) is 6.14. The maximum Gasteiger partial charge on any atom is 0.227 e. The molecule has 0 aliphatic carbocycles. The normalized spacial score (nSPS) is 12.6. The van der Waals surface area contributed by atoms with Gasteiger partial charge in [-0.05, 0) is 29.3 Å². The van der Waals surface area contributed by atoms with Crippen molar-refractivity contribution in [1.29, 1.82) is 0 Å². The second-order valence-corrected chi connectivity index (χ2v) is 4.57. The molecule has 2 aromatic carbocycles. The van der Waals surface area contributed by atoms with Gasteiger partial charge in [0.05, 0.1) is 5.69 Å². The Morgan fingerprint density at radius 3 is 2.68 bits per heavy atom. The Morgan fingerprint density at radius 2 is 1.89 bits per heavy atom. The summed E-state index contributed by atoms with van der Waals surface area (Å²) in [7, 11) is 0. The predicted octanol–water partition coefficient (Wildman–Crippen LogP) is 3.27. The highest BCUT2D eigenvalue weighted by Crippen LogP contribution is 2.37. The second-order valence-electron chi connectivity index (χ2n) is 4.57. The maximum absolute atomic E-state index is 11.8. The lowest BCUT2D eigenvalue weighted by molar-refractivity contribution is -0.115. The van der Waals surface area contributed by atoms with Gasteiger partial charge in [-0.15, -0.1) is 0 Å². The average Bonchev–Trinajstić information content (AvgIpc) is 2.55. The number of nitrogens with two attached hydrogens (primary N) is 1. The fourth-order valence-corrected chi connectivity index (χ4v) is 2.37. The minimum Gasteiger partial charge on any atom is -0.399 e. The van der Waals surface area contributed by atoms with Crippen molar-refractivity contribution in [3.8, 4) is 11.1 Å². The summed E-state index contributed by atoms with van der Waals surface area (Å²) in [5, 5.41) is 0. The molecule has 2 aromatic rings. The third-order valence-electron chi connectivity index (χ3n) is 3.27. The van der Waals surface area contributed by atoms with E-state index in [0.717, 1.165) is 22.4 Å². The third kappa shape index (κ3) is 1.89. The predicted molar refractivity (Wildman–Crippen MR) is 78.5 cm³/mol. The molecule has 3 heteroatoms. The first-order valence-electron chi connectivity index (χ1n) is 6.14. The van der Waals surface area contributed by atoms with E-state index in [1.165, 1.54) is 0 Å². The van der Waals surface area contributed by atoms with Gasteiger partial charge in [0.2, 0.25) is 5.91 Å². The molecular weight excluding hydrogens is 236 g/mol. The van der Waals surface area contributed by atoms with E-state index in [-0.39, 0.29) is 5.91 Å². The summed E-state index contributed by atoms with van der Waals surface area (Å²) < 4.78 is 0. The zero-order chi connectivity index (χ0) is 13.4. The standard InChI is InChI=1S/C16H14N2O/c1-11(19)18-9-8-12-4-2-3-5-14(12)15-7-6-13(17)10-16(15)18/h2-10H,17H2,1H3. The number of hydrogen-bond acceptors (Lipinski definition) is 2. The lowest BCUT2D eigenvalue weighted by Crippen LogP contribution is -2.21. The molecule has 1 aliphatic rings. The molecule has 0 saturated carbocycles. The van der Waals surface area contributed by atoms with Crippen LogP contribution >= 0.6 is 0 Å². The number of carbonyl (C=O) groups excluding carboxylic acids is 1. The summed E-state index contributed by atoms with van der Waals surface area (Å²) in [5.41, 5.74) is 10.6. The zero-order valence-electron chi connectivity index (χ0n) is 10.6. The Kier molecular flexibility index (Phi) is 2.60. The van der Waals surface area contributed by atoms with Crippen LogP contribution in [-0.4, -0.2) is 5.91 Å². The minimum atomic E-state index is -0.0316. The van der Waals surface area contributed by atoms with Gasteiger partial charge < -0.3 is 5.73 Å². The Bertz CT molecular complexity index is 689. The minimum absolute atomic E-state index is 0.0316. The summed E-state index contributed by atoms with van der Waals surface area (Å²) in [6.07, 6.45) is 3.75. The van der Waals surface area contributed by atoms with Gasteiger partial charge in [-0.1, -0.05) is 30.3 Å². The number of amides is 1. The molecule has 0 bridgehead atoms. The molecule has 0 spiro atoms. The Labute approximate surface area is 112 Å². The van der Waals surface area contributed by atoms with Crippen molar-refractivity contribution in [3.63, 3.8) is 0 Å². The second kappa shape index (κ2) is 4.28. The molecule has 0 saturated heterocycles. The fraction of sp³-hybridized carbons (Fsp3) is 0.0625. The summed E-state index contributed by atoms with van der Waals surface area (Å²) in [5.74, 6) is -0.0316. The van der Waals surface area contributed by atoms with Crippen LogP contribution < -0.4 is 10.6 Å². The number of nitrogens with zero attached hydrogens (tertiary/aromatic N) is 1. The molecule has 19 heavy (non-hydrogen) atoms. The number of nitrogen functional groups attached to an aromatic ring is 1. The molecule has 0 radical (unpaired) electrons. The molecule has 1 heterocycles. The molecule has 0 unspecified atom stereocenters. The van der Waals surface area contributed by atoms with Crippen LogP contribution in [-0.2, 0) is 4.79 Å².